The summed E-state index contributed by atoms with van der Waals surface area (Å²) in [7, 11) is 0. The Morgan fingerprint density at radius 1 is 1.08 bits per heavy atom. The molecule has 0 unspecified atom stereocenters. The second kappa shape index (κ2) is 6.71. The first-order valence-corrected chi connectivity index (χ1v) is 7.86. The lowest BCUT2D eigenvalue weighted by molar-refractivity contribution is 0.0474. The molecule has 0 amide bonds. The van der Waals surface area contributed by atoms with E-state index in [0.29, 0.717) is 16.7 Å². The van der Waals surface area contributed by atoms with Gasteiger partial charge in [-0.15, -0.1) is 0 Å². The smallest absolute Gasteiger partial charge is 0.338 e. The van der Waals surface area contributed by atoms with Crippen molar-refractivity contribution in [3.8, 4) is 0 Å². The molecule has 1 heterocycles. The normalized spacial score (nSPS) is 10.8. The maximum absolute atomic E-state index is 12.1. The van der Waals surface area contributed by atoms with Gasteiger partial charge in [-0.25, -0.2) is 9.59 Å². The van der Waals surface area contributed by atoms with E-state index in [2.05, 4.69) is 0 Å². The van der Waals surface area contributed by atoms with Crippen LogP contribution in [-0.4, -0.2) is 5.97 Å². The summed E-state index contributed by atoms with van der Waals surface area (Å²) in [5.74, 6) is -0.415. The van der Waals surface area contributed by atoms with Crippen LogP contribution in [0.5, 0.6) is 0 Å². The number of rotatable bonds is 4. The standard InChI is InChI=1S/C20H18O4/c1-3-14-6-9-17-16(11-19(21)24-18(17)10-14)12-23-20(22)15-7-4-13(2)5-8-15/h4-11H,3,12H2,1-2H3. The molecule has 0 aliphatic heterocycles. The lowest BCUT2D eigenvalue weighted by atomic mass is 10.1. The molecule has 0 fully saturated rings. The molecule has 4 heteroatoms. The fraction of sp³-hybridized carbons (Fsp3) is 0.200. The van der Waals surface area contributed by atoms with Gasteiger partial charge in [-0.3, -0.25) is 0 Å². The highest BCUT2D eigenvalue weighted by atomic mass is 16.5. The molecule has 0 radical (unpaired) electrons. The Hall–Kier alpha value is -2.88. The van der Waals surface area contributed by atoms with Crippen LogP contribution in [0.4, 0.5) is 0 Å². The van der Waals surface area contributed by atoms with Crippen molar-refractivity contribution >= 4 is 16.9 Å². The van der Waals surface area contributed by atoms with E-state index in [1.165, 1.54) is 6.07 Å². The zero-order chi connectivity index (χ0) is 17.1. The van der Waals surface area contributed by atoms with Gasteiger partial charge in [0.1, 0.15) is 12.2 Å². The molecule has 3 rings (SSSR count). The van der Waals surface area contributed by atoms with Gasteiger partial charge in [0.2, 0.25) is 0 Å². The minimum absolute atomic E-state index is 0.0281. The summed E-state index contributed by atoms with van der Waals surface area (Å²) in [6.45, 7) is 4.02. The van der Waals surface area contributed by atoms with Crippen molar-refractivity contribution in [3.63, 3.8) is 0 Å². The molecule has 0 bridgehead atoms. The number of benzene rings is 2. The summed E-state index contributed by atoms with van der Waals surface area (Å²) in [5.41, 5.74) is 3.36. The average Bonchev–Trinajstić information content (AvgIpc) is 2.59. The van der Waals surface area contributed by atoms with Gasteiger partial charge in [-0.2, -0.15) is 0 Å². The molecule has 0 aliphatic rings. The largest absolute Gasteiger partial charge is 0.457 e. The van der Waals surface area contributed by atoms with Crippen LogP contribution in [0.25, 0.3) is 11.0 Å². The van der Waals surface area contributed by atoms with Gasteiger partial charge in [0.15, 0.2) is 0 Å². The number of carbonyl (C=O) groups excluding carboxylic acids is 1. The van der Waals surface area contributed by atoms with E-state index in [-0.39, 0.29) is 6.61 Å². The third-order valence-corrected chi connectivity index (χ3v) is 3.95. The summed E-state index contributed by atoms with van der Waals surface area (Å²) in [5, 5.41) is 0.781. The summed E-state index contributed by atoms with van der Waals surface area (Å²) in [6.07, 6.45) is 0.853. The molecule has 0 aliphatic carbocycles. The Morgan fingerprint density at radius 3 is 2.54 bits per heavy atom. The van der Waals surface area contributed by atoms with Crippen LogP contribution in [0, 0.1) is 6.92 Å². The van der Waals surface area contributed by atoms with Gasteiger partial charge in [0.05, 0.1) is 5.56 Å². The molecular formula is C20H18O4. The number of ether oxygens (including phenoxy) is 1. The SMILES string of the molecule is CCc1ccc2c(COC(=O)c3ccc(C)cc3)cc(=O)oc2c1. The number of hydrogen-bond acceptors (Lipinski definition) is 4. The van der Waals surface area contributed by atoms with Gasteiger partial charge in [0.25, 0.3) is 0 Å². The maximum atomic E-state index is 12.1. The summed E-state index contributed by atoms with van der Waals surface area (Å²) in [4.78, 5) is 23.9. The van der Waals surface area contributed by atoms with Crippen LogP contribution in [0.3, 0.4) is 0 Å². The van der Waals surface area contributed by atoms with Crippen molar-refractivity contribution in [1.29, 1.82) is 0 Å². The van der Waals surface area contributed by atoms with E-state index >= 15 is 0 Å². The summed E-state index contributed by atoms with van der Waals surface area (Å²) in [6, 6.07) is 14.3. The molecule has 122 valence electrons. The van der Waals surface area contributed by atoms with Crippen LogP contribution < -0.4 is 5.63 Å². The Labute approximate surface area is 139 Å². The number of aryl methyl sites for hydroxylation is 2. The van der Waals surface area contributed by atoms with Gasteiger partial charge >= 0.3 is 11.6 Å². The fourth-order valence-corrected chi connectivity index (χ4v) is 2.53. The van der Waals surface area contributed by atoms with Gasteiger partial charge < -0.3 is 9.15 Å². The van der Waals surface area contributed by atoms with E-state index in [0.717, 1.165) is 22.9 Å². The molecule has 0 saturated carbocycles. The predicted molar refractivity (Wildman–Crippen MR) is 92.2 cm³/mol. The van der Waals surface area contributed by atoms with E-state index in [4.69, 9.17) is 9.15 Å². The highest BCUT2D eigenvalue weighted by Gasteiger charge is 2.11. The molecule has 24 heavy (non-hydrogen) atoms. The molecule has 0 saturated heterocycles. The minimum Gasteiger partial charge on any atom is -0.457 e. The van der Waals surface area contributed by atoms with Crippen LogP contribution in [0.2, 0.25) is 0 Å². The lowest BCUT2D eigenvalue weighted by Crippen LogP contribution is -2.08. The van der Waals surface area contributed by atoms with Crippen molar-refractivity contribution in [1.82, 2.24) is 0 Å². The molecule has 1 aromatic heterocycles. The molecule has 2 aromatic carbocycles. The minimum atomic E-state index is -0.447. The van der Waals surface area contributed by atoms with E-state index in [1.807, 2.05) is 44.2 Å². The second-order valence-corrected chi connectivity index (χ2v) is 5.72. The molecule has 3 aromatic rings. The Bertz CT molecular complexity index is 936. The number of fused-ring (bicyclic) bond motifs is 1. The van der Waals surface area contributed by atoms with Gasteiger partial charge in [-0.05, 0) is 37.1 Å². The lowest BCUT2D eigenvalue weighted by Gasteiger charge is -2.08. The van der Waals surface area contributed by atoms with Gasteiger partial charge in [0, 0.05) is 17.0 Å². The highest BCUT2D eigenvalue weighted by Crippen LogP contribution is 2.20. The monoisotopic (exact) mass is 322 g/mol. The molecule has 0 atom stereocenters. The first-order valence-electron chi connectivity index (χ1n) is 7.86. The van der Waals surface area contributed by atoms with Crippen LogP contribution >= 0.6 is 0 Å². The average molecular weight is 322 g/mol. The quantitative estimate of drug-likeness (QED) is 0.538. The zero-order valence-corrected chi connectivity index (χ0v) is 13.7. The fourth-order valence-electron chi connectivity index (χ4n) is 2.53. The molecule has 0 N–H and O–H groups in total. The molecule has 0 spiro atoms. The third kappa shape index (κ3) is 3.38. The van der Waals surface area contributed by atoms with Gasteiger partial charge in [-0.1, -0.05) is 36.8 Å². The van der Waals surface area contributed by atoms with Crippen molar-refractivity contribution < 1.29 is 13.9 Å². The Morgan fingerprint density at radius 2 is 1.83 bits per heavy atom. The first-order chi connectivity index (χ1) is 11.6. The number of esters is 1. The number of hydrogen-bond donors (Lipinski definition) is 0. The van der Waals surface area contributed by atoms with Crippen molar-refractivity contribution in [2.24, 2.45) is 0 Å². The second-order valence-electron chi connectivity index (χ2n) is 5.72. The zero-order valence-electron chi connectivity index (χ0n) is 13.7. The predicted octanol–water partition coefficient (Wildman–Crippen LogP) is 4.02. The van der Waals surface area contributed by atoms with Crippen molar-refractivity contribution in [2.75, 3.05) is 0 Å². The third-order valence-electron chi connectivity index (χ3n) is 3.95. The van der Waals surface area contributed by atoms with E-state index in [9.17, 15) is 9.59 Å². The Kier molecular flexibility index (Phi) is 4.47. The van der Waals surface area contributed by atoms with Crippen LogP contribution in [0.15, 0.2) is 57.7 Å². The maximum Gasteiger partial charge on any atom is 0.338 e. The highest BCUT2D eigenvalue weighted by molar-refractivity contribution is 5.89. The molecule has 4 nitrogen and oxygen atoms in total. The first kappa shape index (κ1) is 16.0. The van der Waals surface area contributed by atoms with E-state index < -0.39 is 11.6 Å². The molecular weight excluding hydrogens is 304 g/mol. The Balaban J connectivity index is 1.85. The number of carbonyl (C=O) groups is 1. The van der Waals surface area contributed by atoms with Crippen LogP contribution in [0.1, 0.15) is 34.0 Å². The van der Waals surface area contributed by atoms with Crippen LogP contribution in [-0.2, 0) is 17.8 Å². The topological polar surface area (TPSA) is 56.5 Å². The van der Waals surface area contributed by atoms with Crippen molar-refractivity contribution in [3.05, 3.63) is 81.2 Å². The summed E-state index contributed by atoms with van der Waals surface area (Å²) < 4.78 is 10.6. The van der Waals surface area contributed by atoms with Crippen molar-refractivity contribution in [2.45, 2.75) is 26.9 Å². The van der Waals surface area contributed by atoms with E-state index in [1.54, 1.807) is 12.1 Å². The summed E-state index contributed by atoms with van der Waals surface area (Å²) >= 11 is 0.